The second-order valence-corrected chi connectivity index (χ2v) is 9.55. The van der Waals surface area contributed by atoms with E-state index in [2.05, 4.69) is 53.7 Å². The van der Waals surface area contributed by atoms with E-state index in [-0.39, 0.29) is 11.8 Å². The number of hydrogen-bond acceptors (Lipinski definition) is 3. The summed E-state index contributed by atoms with van der Waals surface area (Å²) in [5.41, 5.74) is 1.13. The van der Waals surface area contributed by atoms with Gasteiger partial charge in [-0.2, -0.15) is 0 Å². The summed E-state index contributed by atoms with van der Waals surface area (Å²) < 4.78 is 0. The number of nitrogens with zero attached hydrogens (tertiary/aromatic N) is 1. The van der Waals surface area contributed by atoms with E-state index >= 15 is 0 Å². The van der Waals surface area contributed by atoms with Crippen LogP contribution in [-0.4, -0.2) is 29.9 Å². The molecule has 1 N–H and O–H groups in total. The van der Waals surface area contributed by atoms with Crippen molar-refractivity contribution < 1.29 is 4.79 Å². The molecule has 1 saturated carbocycles. The van der Waals surface area contributed by atoms with Gasteiger partial charge in [-0.3, -0.25) is 9.69 Å². The first-order valence-electron chi connectivity index (χ1n) is 10.2. The maximum Gasteiger partial charge on any atom is 0.228 e. The fourth-order valence-electron chi connectivity index (χ4n) is 5.06. The molecular formula is C23H30N2OS. The van der Waals surface area contributed by atoms with Crippen molar-refractivity contribution in [2.24, 2.45) is 17.8 Å². The maximum atomic E-state index is 13.1. The highest BCUT2D eigenvalue weighted by Gasteiger charge is 2.43. The third-order valence-electron chi connectivity index (χ3n) is 6.33. The number of benzene rings is 1. The lowest BCUT2D eigenvalue weighted by Gasteiger charge is -2.26. The average molecular weight is 383 g/mol. The molecule has 0 radical (unpaired) electrons. The van der Waals surface area contributed by atoms with Crippen LogP contribution in [0, 0.1) is 17.8 Å². The minimum absolute atomic E-state index is 0.0612. The first-order valence-corrected chi connectivity index (χ1v) is 11.1. The summed E-state index contributed by atoms with van der Waals surface area (Å²) >= 11 is 1.84. The zero-order valence-electron chi connectivity index (χ0n) is 16.3. The van der Waals surface area contributed by atoms with Gasteiger partial charge in [-0.1, -0.05) is 50.2 Å². The van der Waals surface area contributed by atoms with Crippen LogP contribution in [0.25, 0.3) is 0 Å². The lowest BCUT2D eigenvalue weighted by Crippen LogP contribution is -2.43. The highest BCUT2D eigenvalue weighted by molar-refractivity contribution is 7.09. The first-order chi connectivity index (χ1) is 13.1. The lowest BCUT2D eigenvalue weighted by molar-refractivity contribution is -0.124. The predicted molar refractivity (Wildman–Crippen MR) is 112 cm³/mol. The van der Waals surface area contributed by atoms with E-state index in [1.165, 1.54) is 17.8 Å². The fraction of sp³-hybridized carbons (Fsp3) is 0.522. The van der Waals surface area contributed by atoms with Crippen LogP contribution in [0.2, 0.25) is 0 Å². The number of rotatable bonds is 6. The van der Waals surface area contributed by atoms with Crippen LogP contribution < -0.4 is 5.32 Å². The van der Waals surface area contributed by atoms with Crippen LogP contribution in [0.4, 0.5) is 0 Å². The molecule has 4 rings (SSSR count). The molecule has 1 aromatic carbocycles. The van der Waals surface area contributed by atoms with Gasteiger partial charge in [0.15, 0.2) is 0 Å². The summed E-state index contributed by atoms with van der Waals surface area (Å²) in [6.07, 6.45) is 2.38. The van der Waals surface area contributed by atoms with E-state index in [1.54, 1.807) is 0 Å². The summed E-state index contributed by atoms with van der Waals surface area (Å²) in [5.74, 6) is 1.79. The zero-order chi connectivity index (χ0) is 18.8. The van der Waals surface area contributed by atoms with Crippen LogP contribution in [0.5, 0.6) is 0 Å². The third-order valence-corrected chi connectivity index (χ3v) is 7.19. The Morgan fingerprint density at radius 3 is 2.67 bits per heavy atom. The van der Waals surface area contributed by atoms with Crippen molar-refractivity contribution in [3.63, 3.8) is 0 Å². The molecule has 0 bridgehead atoms. The van der Waals surface area contributed by atoms with Gasteiger partial charge in [0.1, 0.15) is 0 Å². The van der Waals surface area contributed by atoms with E-state index < -0.39 is 0 Å². The normalized spacial score (nSPS) is 26.3. The highest BCUT2D eigenvalue weighted by atomic mass is 32.1. The van der Waals surface area contributed by atoms with E-state index in [4.69, 9.17) is 0 Å². The molecule has 1 aromatic heterocycles. The van der Waals surface area contributed by atoms with Crippen LogP contribution in [0.3, 0.4) is 0 Å². The van der Waals surface area contributed by atoms with Gasteiger partial charge in [0.25, 0.3) is 0 Å². The standard InChI is InChI=1S/C23H30N2OS/c1-16(2)22(17-7-4-3-5-8-17)23(26)24-21-11-10-18-13-25(15-20(18)21)14-19-9-6-12-27-19/h3-9,12,16,18,20-22H,10-11,13-15H2,1-2H3,(H,24,26)/t18-,20+,21+,22?/m1/s1. The molecule has 2 heterocycles. The molecule has 2 aliphatic rings. The molecule has 27 heavy (non-hydrogen) atoms. The molecule has 4 atom stereocenters. The summed E-state index contributed by atoms with van der Waals surface area (Å²) in [4.78, 5) is 17.2. The van der Waals surface area contributed by atoms with Crippen molar-refractivity contribution in [2.75, 3.05) is 13.1 Å². The largest absolute Gasteiger partial charge is 0.352 e. The van der Waals surface area contributed by atoms with Crippen LogP contribution in [-0.2, 0) is 11.3 Å². The monoisotopic (exact) mass is 382 g/mol. The number of carbonyl (C=O) groups is 1. The summed E-state index contributed by atoms with van der Waals surface area (Å²) in [7, 11) is 0. The Hall–Kier alpha value is -1.65. The molecular weight excluding hydrogens is 352 g/mol. The SMILES string of the molecule is CC(C)C(C(=O)N[C@H]1CC[C@@H]2CN(Cc3cccs3)C[C@@H]21)c1ccccc1. The van der Waals surface area contributed by atoms with Crippen LogP contribution in [0.1, 0.15) is 43.0 Å². The van der Waals surface area contributed by atoms with Crippen LogP contribution >= 0.6 is 11.3 Å². The van der Waals surface area contributed by atoms with Gasteiger partial charge < -0.3 is 5.32 Å². The van der Waals surface area contributed by atoms with Crippen molar-refractivity contribution in [3.05, 3.63) is 58.3 Å². The van der Waals surface area contributed by atoms with Gasteiger partial charge in [-0.05, 0) is 47.6 Å². The molecule has 1 unspecified atom stereocenters. The number of hydrogen-bond donors (Lipinski definition) is 1. The first kappa shape index (κ1) is 18.7. The molecule has 4 heteroatoms. The number of nitrogens with one attached hydrogen (secondary N) is 1. The summed E-state index contributed by atoms with van der Waals surface area (Å²) in [5, 5.41) is 5.60. The zero-order valence-corrected chi connectivity index (χ0v) is 17.1. The van der Waals surface area contributed by atoms with Crippen molar-refractivity contribution in [1.29, 1.82) is 0 Å². The molecule has 1 aliphatic heterocycles. The number of thiophene rings is 1. The Kier molecular flexibility index (Phi) is 5.65. The second kappa shape index (κ2) is 8.15. The molecule has 1 saturated heterocycles. The van der Waals surface area contributed by atoms with E-state index in [1.807, 2.05) is 29.5 Å². The quantitative estimate of drug-likeness (QED) is 0.797. The Labute approximate surface area is 166 Å². The Morgan fingerprint density at radius 2 is 1.96 bits per heavy atom. The number of fused-ring (bicyclic) bond motifs is 1. The Balaban J connectivity index is 1.39. The average Bonchev–Trinajstić information content (AvgIpc) is 3.36. The van der Waals surface area contributed by atoms with Crippen molar-refractivity contribution in [3.8, 4) is 0 Å². The molecule has 0 spiro atoms. The molecule has 1 amide bonds. The molecule has 144 valence electrons. The van der Waals surface area contributed by atoms with E-state index in [0.29, 0.717) is 17.9 Å². The van der Waals surface area contributed by atoms with E-state index in [0.717, 1.165) is 31.0 Å². The smallest absolute Gasteiger partial charge is 0.228 e. The van der Waals surface area contributed by atoms with Gasteiger partial charge in [0, 0.05) is 30.6 Å². The lowest BCUT2D eigenvalue weighted by atomic mass is 9.87. The van der Waals surface area contributed by atoms with Crippen LogP contribution in [0.15, 0.2) is 47.8 Å². The summed E-state index contributed by atoms with van der Waals surface area (Å²) in [6, 6.07) is 14.9. The minimum Gasteiger partial charge on any atom is -0.352 e. The highest BCUT2D eigenvalue weighted by Crippen LogP contribution is 2.39. The second-order valence-electron chi connectivity index (χ2n) is 8.52. The Bertz CT molecular complexity index is 743. The summed E-state index contributed by atoms with van der Waals surface area (Å²) in [6.45, 7) is 7.65. The van der Waals surface area contributed by atoms with Gasteiger partial charge in [-0.15, -0.1) is 11.3 Å². The molecule has 1 aliphatic carbocycles. The van der Waals surface area contributed by atoms with Gasteiger partial charge >= 0.3 is 0 Å². The predicted octanol–water partition coefficient (Wildman–Crippen LogP) is 4.51. The number of likely N-dealkylation sites (tertiary alicyclic amines) is 1. The van der Waals surface area contributed by atoms with Crippen molar-refractivity contribution in [1.82, 2.24) is 10.2 Å². The molecule has 3 nitrogen and oxygen atoms in total. The minimum atomic E-state index is -0.0612. The maximum absolute atomic E-state index is 13.1. The Morgan fingerprint density at radius 1 is 1.15 bits per heavy atom. The van der Waals surface area contributed by atoms with Crippen molar-refractivity contribution >= 4 is 17.2 Å². The third kappa shape index (κ3) is 4.12. The van der Waals surface area contributed by atoms with Gasteiger partial charge in [-0.25, -0.2) is 0 Å². The fourth-order valence-corrected chi connectivity index (χ4v) is 5.81. The molecule has 2 aromatic rings. The van der Waals surface area contributed by atoms with Crippen molar-refractivity contribution in [2.45, 2.75) is 45.2 Å². The van der Waals surface area contributed by atoms with E-state index in [9.17, 15) is 4.79 Å². The van der Waals surface area contributed by atoms with Gasteiger partial charge in [0.2, 0.25) is 5.91 Å². The van der Waals surface area contributed by atoms with Gasteiger partial charge in [0.05, 0.1) is 5.92 Å². The number of amides is 1. The molecule has 2 fully saturated rings. The topological polar surface area (TPSA) is 32.3 Å². The number of carbonyl (C=O) groups excluding carboxylic acids is 1.